The third-order valence-corrected chi connectivity index (χ3v) is 3.67. The fraction of sp³-hybridized carbons (Fsp3) is 0.0588. The number of aromatic nitrogens is 1. The molecule has 0 spiro atoms. The van der Waals surface area contributed by atoms with Gasteiger partial charge in [-0.1, -0.05) is 11.6 Å². The molecular formula is C17H12ClNO3. The third kappa shape index (κ3) is 2.49. The van der Waals surface area contributed by atoms with Crippen LogP contribution in [0.15, 0.2) is 53.5 Å². The van der Waals surface area contributed by atoms with E-state index in [9.17, 15) is 9.59 Å². The van der Waals surface area contributed by atoms with Crippen molar-refractivity contribution in [1.82, 2.24) is 4.98 Å². The molecule has 0 radical (unpaired) electrons. The molecule has 0 saturated heterocycles. The van der Waals surface area contributed by atoms with E-state index in [1.807, 2.05) is 0 Å². The van der Waals surface area contributed by atoms with Crippen molar-refractivity contribution in [2.45, 2.75) is 0 Å². The molecule has 0 amide bonds. The molecule has 0 aliphatic rings. The molecule has 0 atom stereocenters. The standard InChI is InChI=1S/C17H12ClNO3/c1-22-12-5-2-10(3-6-12)16(20)14-9-19-15-7-4-11(18)8-13(15)17(14)21/h2-9H,1H3,(H,19,21). The van der Waals surface area contributed by atoms with E-state index in [0.717, 1.165) is 0 Å². The van der Waals surface area contributed by atoms with E-state index in [0.29, 0.717) is 27.2 Å². The number of nitrogens with one attached hydrogen (secondary N) is 1. The summed E-state index contributed by atoms with van der Waals surface area (Å²) in [5, 5.41) is 0.846. The van der Waals surface area contributed by atoms with E-state index >= 15 is 0 Å². The number of fused-ring (bicyclic) bond motifs is 1. The highest BCUT2D eigenvalue weighted by molar-refractivity contribution is 6.31. The van der Waals surface area contributed by atoms with Crippen LogP contribution >= 0.6 is 11.6 Å². The highest BCUT2D eigenvalue weighted by Crippen LogP contribution is 2.17. The Labute approximate surface area is 131 Å². The zero-order valence-electron chi connectivity index (χ0n) is 11.7. The molecule has 5 heteroatoms. The van der Waals surface area contributed by atoms with Crippen molar-refractivity contribution >= 4 is 28.3 Å². The van der Waals surface area contributed by atoms with Gasteiger partial charge in [0.15, 0.2) is 5.78 Å². The molecule has 110 valence electrons. The lowest BCUT2D eigenvalue weighted by molar-refractivity contribution is 0.103. The second-order valence-corrected chi connectivity index (χ2v) is 5.22. The van der Waals surface area contributed by atoms with Crippen LogP contribution in [0, 0.1) is 0 Å². The number of aromatic amines is 1. The molecule has 2 aromatic carbocycles. The molecule has 0 unspecified atom stereocenters. The van der Waals surface area contributed by atoms with E-state index < -0.39 is 0 Å². The first-order chi connectivity index (χ1) is 10.6. The van der Waals surface area contributed by atoms with Gasteiger partial charge in [0.1, 0.15) is 5.75 Å². The highest BCUT2D eigenvalue weighted by Gasteiger charge is 2.15. The van der Waals surface area contributed by atoms with Crippen molar-refractivity contribution in [1.29, 1.82) is 0 Å². The van der Waals surface area contributed by atoms with Crippen LogP contribution in [0.4, 0.5) is 0 Å². The molecule has 3 aromatic rings. The molecule has 1 aromatic heterocycles. The van der Waals surface area contributed by atoms with E-state index in [-0.39, 0.29) is 16.8 Å². The first-order valence-corrected chi connectivity index (χ1v) is 6.97. The number of halogens is 1. The van der Waals surface area contributed by atoms with Gasteiger partial charge < -0.3 is 9.72 Å². The maximum atomic E-state index is 12.5. The molecule has 22 heavy (non-hydrogen) atoms. The summed E-state index contributed by atoms with van der Waals surface area (Å²) in [6.07, 6.45) is 1.44. The first-order valence-electron chi connectivity index (χ1n) is 6.60. The molecule has 0 fully saturated rings. The fourth-order valence-corrected chi connectivity index (χ4v) is 2.43. The van der Waals surface area contributed by atoms with Gasteiger partial charge in [0, 0.05) is 27.7 Å². The van der Waals surface area contributed by atoms with Crippen LogP contribution in [0.5, 0.6) is 5.75 Å². The summed E-state index contributed by atoms with van der Waals surface area (Å²) >= 11 is 5.92. The second-order valence-electron chi connectivity index (χ2n) is 4.78. The summed E-state index contributed by atoms with van der Waals surface area (Å²) in [4.78, 5) is 28.0. The minimum Gasteiger partial charge on any atom is -0.497 e. The molecule has 0 aliphatic carbocycles. The van der Waals surface area contributed by atoms with E-state index in [1.54, 1.807) is 49.6 Å². The molecule has 0 bridgehead atoms. The molecule has 0 saturated carbocycles. The van der Waals surface area contributed by atoms with E-state index in [2.05, 4.69) is 4.98 Å². The summed E-state index contributed by atoms with van der Waals surface area (Å²) in [7, 11) is 1.55. The van der Waals surface area contributed by atoms with Gasteiger partial charge in [-0.3, -0.25) is 9.59 Å². The smallest absolute Gasteiger partial charge is 0.200 e. The summed E-state index contributed by atoms with van der Waals surface area (Å²) < 4.78 is 5.06. The van der Waals surface area contributed by atoms with Crippen LogP contribution in [-0.4, -0.2) is 17.9 Å². The Balaban J connectivity index is 2.10. The van der Waals surface area contributed by atoms with Crippen LogP contribution in [0.1, 0.15) is 15.9 Å². The molecule has 4 nitrogen and oxygen atoms in total. The van der Waals surface area contributed by atoms with Gasteiger partial charge in [-0.25, -0.2) is 0 Å². The summed E-state index contributed by atoms with van der Waals surface area (Å²) in [5.41, 5.74) is 0.811. The third-order valence-electron chi connectivity index (χ3n) is 3.44. The van der Waals surface area contributed by atoms with Crippen molar-refractivity contribution in [3.05, 3.63) is 75.0 Å². The Morgan fingerprint density at radius 2 is 1.86 bits per heavy atom. The van der Waals surface area contributed by atoms with Crippen LogP contribution in [-0.2, 0) is 0 Å². The lowest BCUT2D eigenvalue weighted by Gasteiger charge is -2.05. The molecular weight excluding hydrogens is 302 g/mol. The SMILES string of the molecule is COc1ccc(C(=O)c2c[nH]c3ccc(Cl)cc3c2=O)cc1. The number of pyridine rings is 1. The lowest BCUT2D eigenvalue weighted by atomic mass is 10.0. The minimum atomic E-state index is -0.342. The number of ketones is 1. The van der Waals surface area contributed by atoms with E-state index in [4.69, 9.17) is 16.3 Å². The molecule has 0 aliphatic heterocycles. The van der Waals surface area contributed by atoms with Gasteiger partial charge in [0.2, 0.25) is 5.43 Å². The number of rotatable bonds is 3. The number of methoxy groups -OCH3 is 1. The predicted octanol–water partition coefficient (Wildman–Crippen LogP) is 3.42. The number of hydrogen-bond donors (Lipinski definition) is 1. The number of hydrogen-bond acceptors (Lipinski definition) is 3. The number of carbonyl (C=O) groups is 1. The number of carbonyl (C=O) groups excluding carboxylic acids is 1. The second kappa shape index (κ2) is 5.66. The van der Waals surface area contributed by atoms with Crippen molar-refractivity contribution < 1.29 is 9.53 Å². The summed E-state index contributed by atoms with van der Waals surface area (Å²) in [6, 6.07) is 11.6. The Morgan fingerprint density at radius 3 is 2.55 bits per heavy atom. The van der Waals surface area contributed by atoms with Gasteiger partial charge in [-0.2, -0.15) is 0 Å². The van der Waals surface area contributed by atoms with Crippen molar-refractivity contribution in [3.8, 4) is 5.75 Å². The van der Waals surface area contributed by atoms with Gasteiger partial charge in [0.05, 0.1) is 12.7 Å². The van der Waals surface area contributed by atoms with Gasteiger partial charge >= 0.3 is 0 Å². The Morgan fingerprint density at radius 1 is 1.14 bits per heavy atom. The quantitative estimate of drug-likeness (QED) is 0.754. The van der Waals surface area contributed by atoms with E-state index in [1.165, 1.54) is 6.20 Å². The van der Waals surface area contributed by atoms with Crippen molar-refractivity contribution in [3.63, 3.8) is 0 Å². The summed E-state index contributed by atoms with van der Waals surface area (Å²) in [5.74, 6) is 0.307. The molecule has 1 N–H and O–H groups in total. The van der Waals surface area contributed by atoms with Gasteiger partial charge in [-0.05, 0) is 42.5 Å². The normalized spacial score (nSPS) is 10.6. The minimum absolute atomic E-state index is 0.0833. The topological polar surface area (TPSA) is 59.2 Å². The molecule has 3 rings (SSSR count). The zero-order valence-corrected chi connectivity index (χ0v) is 12.5. The highest BCUT2D eigenvalue weighted by atomic mass is 35.5. The van der Waals surface area contributed by atoms with Gasteiger partial charge in [-0.15, -0.1) is 0 Å². The van der Waals surface area contributed by atoms with Crippen LogP contribution < -0.4 is 10.2 Å². The Kier molecular flexibility index (Phi) is 3.69. The number of benzene rings is 2. The summed E-state index contributed by atoms with van der Waals surface area (Å²) in [6.45, 7) is 0. The van der Waals surface area contributed by atoms with Crippen LogP contribution in [0.2, 0.25) is 5.02 Å². The average molecular weight is 314 g/mol. The number of ether oxygens (including phenoxy) is 1. The monoisotopic (exact) mass is 313 g/mol. The Bertz CT molecular complexity index is 913. The fourth-order valence-electron chi connectivity index (χ4n) is 2.26. The largest absolute Gasteiger partial charge is 0.497 e. The predicted molar refractivity (Wildman–Crippen MR) is 86.0 cm³/mol. The molecule has 1 heterocycles. The maximum absolute atomic E-state index is 12.5. The van der Waals surface area contributed by atoms with Gasteiger partial charge in [0.25, 0.3) is 0 Å². The van der Waals surface area contributed by atoms with Crippen molar-refractivity contribution in [2.75, 3.05) is 7.11 Å². The average Bonchev–Trinajstić information content (AvgIpc) is 2.55. The lowest BCUT2D eigenvalue weighted by Crippen LogP contribution is -2.16. The zero-order chi connectivity index (χ0) is 15.7. The van der Waals surface area contributed by atoms with Crippen LogP contribution in [0.3, 0.4) is 0 Å². The number of H-pyrrole nitrogens is 1. The first kappa shape index (κ1) is 14.4. The Hall–Kier alpha value is -2.59. The van der Waals surface area contributed by atoms with Crippen LogP contribution in [0.25, 0.3) is 10.9 Å². The maximum Gasteiger partial charge on any atom is 0.200 e. The van der Waals surface area contributed by atoms with Crippen molar-refractivity contribution in [2.24, 2.45) is 0 Å².